The fourth-order valence-corrected chi connectivity index (χ4v) is 3.17. The number of hydrogen-bond donors (Lipinski definition) is 2. The third-order valence-electron chi connectivity index (χ3n) is 4.35. The molecule has 2 atom stereocenters. The Morgan fingerprint density at radius 3 is 1.52 bits per heavy atom. The SMILES string of the molecule is c1ccc([C@H]2Nc3nc4nonc4nc3N[C@H]2c2ccccc2)cc1. The topological polar surface area (TPSA) is 88.8 Å². The minimum absolute atomic E-state index is 0.00251. The predicted octanol–water partition coefficient (Wildman–Crippen LogP) is 3.33. The minimum atomic E-state index is 0.00251. The van der Waals surface area contributed by atoms with Crippen molar-refractivity contribution in [2.24, 2.45) is 0 Å². The lowest BCUT2D eigenvalue weighted by Crippen LogP contribution is -2.31. The lowest BCUT2D eigenvalue weighted by molar-refractivity contribution is 0.314. The molecule has 0 bridgehead atoms. The number of anilines is 2. The van der Waals surface area contributed by atoms with E-state index in [0.717, 1.165) is 11.1 Å². The van der Waals surface area contributed by atoms with Crippen molar-refractivity contribution < 1.29 is 4.63 Å². The molecule has 2 N–H and O–H groups in total. The molecule has 2 aromatic carbocycles. The van der Waals surface area contributed by atoms with Gasteiger partial charge in [-0.3, -0.25) is 0 Å². The van der Waals surface area contributed by atoms with Crippen molar-refractivity contribution in [2.45, 2.75) is 12.1 Å². The molecule has 0 amide bonds. The van der Waals surface area contributed by atoms with E-state index in [1.54, 1.807) is 0 Å². The van der Waals surface area contributed by atoms with Gasteiger partial charge in [0.05, 0.1) is 12.1 Å². The van der Waals surface area contributed by atoms with Crippen molar-refractivity contribution in [3.8, 4) is 0 Å². The molecule has 0 unspecified atom stereocenters. The van der Waals surface area contributed by atoms with Gasteiger partial charge in [-0.05, 0) is 21.4 Å². The van der Waals surface area contributed by atoms with Gasteiger partial charge >= 0.3 is 0 Å². The number of benzene rings is 2. The van der Waals surface area contributed by atoms with Crippen LogP contribution in [0.5, 0.6) is 0 Å². The maximum Gasteiger partial charge on any atom is 0.245 e. The quantitative estimate of drug-likeness (QED) is 0.582. The highest BCUT2D eigenvalue weighted by molar-refractivity contribution is 5.75. The zero-order chi connectivity index (χ0) is 16.6. The first-order valence-electron chi connectivity index (χ1n) is 8.02. The second-order valence-electron chi connectivity index (χ2n) is 5.90. The largest absolute Gasteiger partial charge is 0.358 e. The van der Waals surface area contributed by atoms with Crippen LogP contribution in [0.2, 0.25) is 0 Å². The van der Waals surface area contributed by atoms with Crippen molar-refractivity contribution >= 4 is 22.9 Å². The fraction of sp³-hybridized carbons (Fsp3) is 0.111. The van der Waals surface area contributed by atoms with Crippen LogP contribution in [0.25, 0.3) is 11.3 Å². The first-order chi connectivity index (χ1) is 12.4. The Balaban J connectivity index is 1.64. The highest BCUT2D eigenvalue weighted by atomic mass is 16.6. The Morgan fingerprint density at radius 1 is 0.640 bits per heavy atom. The Labute approximate surface area is 143 Å². The molecule has 7 nitrogen and oxygen atoms in total. The zero-order valence-corrected chi connectivity index (χ0v) is 13.1. The van der Waals surface area contributed by atoms with E-state index in [1.807, 2.05) is 36.4 Å². The molecule has 1 aliphatic rings. The third kappa shape index (κ3) is 2.37. The van der Waals surface area contributed by atoms with Crippen LogP contribution in [-0.4, -0.2) is 20.3 Å². The number of nitrogens with zero attached hydrogens (tertiary/aromatic N) is 4. The van der Waals surface area contributed by atoms with Crippen molar-refractivity contribution in [1.82, 2.24) is 20.3 Å². The molecule has 5 rings (SSSR count). The van der Waals surface area contributed by atoms with Crippen LogP contribution in [0.15, 0.2) is 65.3 Å². The van der Waals surface area contributed by atoms with E-state index < -0.39 is 0 Å². The van der Waals surface area contributed by atoms with E-state index in [1.165, 1.54) is 0 Å². The van der Waals surface area contributed by atoms with Gasteiger partial charge in [0.2, 0.25) is 11.3 Å². The summed E-state index contributed by atoms with van der Waals surface area (Å²) in [6, 6.07) is 20.6. The number of fused-ring (bicyclic) bond motifs is 2. The maximum atomic E-state index is 4.73. The van der Waals surface area contributed by atoms with Crippen LogP contribution in [0, 0.1) is 0 Å². The molecular weight excluding hydrogens is 316 g/mol. The average molecular weight is 330 g/mol. The Hall–Kier alpha value is -3.48. The van der Waals surface area contributed by atoms with Crippen LogP contribution in [-0.2, 0) is 0 Å². The first-order valence-corrected chi connectivity index (χ1v) is 8.02. The van der Waals surface area contributed by atoms with Gasteiger partial charge in [0.25, 0.3) is 0 Å². The summed E-state index contributed by atoms with van der Waals surface area (Å²) >= 11 is 0. The molecule has 0 aliphatic carbocycles. The van der Waals surface area contributed by atoms with Gasteiger partial charge in [0.15, 0.2) is 11.6 Å². The van der Waals surface area contributed by atoms with E-state index in [4.69, 9.17) is 4.63 Å². The summed E-state index contributed by atoms with van der Waals surface area (Å²) in [6.45, 7) is 0. The van der Waals surface area contributed by atoms with Gasteiger partial charge in [-0.1, -0.05) is 60.7 Å². The Kier molecular flexibility index (Phi) is 3.09. The number of nitrogens with one attached hydrogen (secondary N) is 2. The lowest BCUT2D eigenvalue weighted by atomic mass is 9.92. The minimum Gasteiger partial charge on any atom is -0.358 e. The monoisotopic (exact) mass is 330 g/mol. The van der Waals surface area contributed by atoms with Crippen LogP contribution < -0.4 is 10.6 Å². The van der Waals surface area contributed by atoms with Gasteiger partial charge in [-0.15, -0.1) is 0 Å². The van der Waals surface area contributed by atoms with E-state index in [2.05, 4.69) is 55.2 Å². The predicted molar refractivity (Wildman–Crippen MR) is 93.0 cm³/mol. The van der Waals surface area contributed by atoms with Gasteiger partial charge in [-0.25, -0.2) is 14.6 Å². The van der Waals surface area contributed by atoms with E-state index in [0.29, 0.717) is 22.9 Å². The summed E-state index contributed by atoms with van der Waals surface area (Å²) < 4.78 is 4.73. The second kappa shape index (κ2) is 5.55. The first kappa shape index (κ1) is 13.9. The molecular formula is C18H14N6O. The van der Waals surface area contributed by atoms with Crippen molar-refractivity contribution in [3.05, 3.63) is 71.8 Å². The summed E-state index contributed by atoms with van der Waals surface area (Å²) in [6.07, 6.45) is 0. The molecule has 0 saturated carbocycles. The Morgan fingerprint density at radius 2 is 1.08 bits per heavy atom. The van der Waals surface area contributed by atoms with Gasteiger partial charge in [0, 0.05) is 0 Å². The summed E-state index contributed by atoms with van der Waals surface area (Å²) in [5, 5.41) is 14.5. The zero-order valence-electron chi connectivity index (χ0n) is 13.1. The number of aromatic nitrogens is 4. The molecule has 0 spiro atoms. The Bertz CT molecular complexity index is 936. The molecule has 25 heavy (non-hydrogen) atoms. The van der Waals surface area contributed by atoms with Gasteiger partial charge in [-0.2, -0.15) is 0 Å². The molecule has 1 aliphatic heterocycles. The molecule has 2 aromatic heterocycles. The van der Waals surface area contributed by atoms with Gasteiger partial charge < -0.3 is 10.6 Å². The normalized spacial score (nSPS) is 19.0. The van der Waals surface area contributed by atoms with Crippen molar-refractivity contribution in [3.63, 3.8) is 0 Å². The average Bonchev–Trinajstić information content (AvgIpc) is 3.14. The van der Waals surface area contributed by atoms with Crippen LogP contribution in [0.4, 0.5) is 11.6 Å². The molecule has 0 radical (unpaired) electrons. The van der Waals surface area contributed by atoms with Crippen LogP contribution in [0.1, 0.15) is 23.2 Å². The highest BCUT2D eigenvalue weighted by Crippen LogP contribution is 2.40. The molecule has 4 aromatic rings. The van der Waals surface area contributed by atoms with Crippen LogP contribution >= 0.6 is 0 Å². The summed E-state index contributed by atoms with van der Waals surface area (Å²) in [5.74, 6) is 1.29. The van der Waals surface area contributed by atoms with Crippen molar-refractivity contribution in [1.29, 1.82) is 0 Å². The summed E-state index contributed by atoms with van der Waals surface area (Å²) in [5.41, 5.74) is 3.10. The van der Waals surface area contributed by atoms with E-state index >= 15 is 0 Å². The third-order valence-corrected chi connectivity index (χ3v) is 4.35. The van der Waals surface area contributed by atoms with E-state index in [-0.39, 0.29) is 12.1 Å². The molecule has 0 saturated heterocycles. The van der Waals surface area contributed by atoms with E-state index in [9.17, 15) is 0 Å². The number of rotatable bonds is 2. The number of hydrogen-bond acceptors (Lipinski definition) is 7. The summed E-state index contributed by atoms with van der Waals surface area (Å²) in [4.78, 5) is 8.95. The molecule has 0 fully saturated rings. The molecule has 7 heteroatoms. The molecule has 122 valence electrons. The second-order valence-corrected chi connectivity index (χ2v) is 5.90. The fourth-order valence-electron chi connectivity index (χ4n) is 3.17. The molecule has 3 heterocycles. The maximum absolute atomic E-state index is 4.73. The standard InChI is InChI=1S/C18H14N6O/c1-3-7-11(8-4-1)13-14(12-9-5-2-6-10-12)20-16-15(19-13)21-17-18(22-16)24-25-23-17/h1-10,13-14H,(H,19,21,23)(H,20,22,24)/t13-,14+. The van der Waals surface area contributed by atoms with Crippen molar-refractivity contribution in [2.75, 3.05) is 10.6 Å². The highest BCUT2D eigenvalue weighted by Gasteiger charge is 2.32. The summed E-state index contributed by atoms with van der Waals surface area (Å²) in [7, 11) is 0. The van der Waals surface area contributed by atoms with Crippen LogP contribution in [0.3, 0.4) is 0 Å². The lowest BCUT2D eigenvalue weighted by Gasteiger charge is -2.35. The van der Waals surface area contributed by atoms with Gasteiger partial charge in [0.1, 0.15) is 0 Å². The smallest absolute Gasteiger partial charge is 0.245 e.